The Kier molecular flexibility index (Phi) is 10.2. The maximum absolute atomic E-state index is 12.2. The minimum atomic E-state index is -0.497. The molecular formula is C21H40IN5O3. The highest BCUT2D eigenvalue weighted by molar-refractivity contribution is 14.0. The molecule has 0 aromatic heterocycles. The SMILES string of the molecule is CCC(C)NC(=NCC(=O)N(C)C)N1CC2CCC(NC(=O)OC(C)(C)C)C2C1.I. The number of nitrogens with one attached hydrogen (secondary N) is 2. The van der Waals surface area contributed by atoms with E-state index in [1.54, 1.807) is 19.0 Å². The summed E-state index contributed by atoms with van der Waals surface area (Å²) >= 11 is 0. The van der Waals surface area contributed by atoms with Gasteiger partial charge in [-0.05, 0) is 52.9 Å². The van der Waals surface area contributed by atoms with Crippen LogP contribution in [0, 0.1) is 11.8 Å². The maximum Gasteiger partial charge on any atom is 0.407 e. The Morgan fingerprint density at radius 2 is 1.90 bits per heavy atom. The average molecular weight is 537 g/mol. The predicted octanol–water partition coefficient (Wildman–Crippen LogP) is 2.67. The van der Waals surface area contributed by atoms with Crippen LogP contribution in [0.15, 0.2) is 4.99 Å². The number of alkyl carbamates (subject to hydrolysis) is 1. The van der Waals surface area contributed by atoms with Crippen LogP contribution in [0.3, 0.4) is 0 Å². The molecule has 0 radical (unpaired) electrons. The lowest BCUT2D eigenvalue weighted by atomic mass is 9.98. The number of guanidine groups is 1. The van der Waals surface area contributed by atoms with Crippen LogP contribution < -0.4 is 10.6 Å². The molecule has 1 saturated heterocycles. The summed E-state index contributed by atoms with van der Waals surface area (Å²) in [5, 5.41) is 6.55. The number of carbonyl (C=O) groups is 2. The van der Waals surface area contributed by atoms with Crippen molar-refractivity contribution in [3.63, 3.8) is 0 Å². The van der Waals surface area contributed by atoms with Crippen molar-refractivity contribution in [2.75, 3.05) is 33.7 Å². The second-order valence-electron chi connectivity index (χ2n) is 9.54. The molecule has 30 heavy (non-hydrogen) atoms. The number of likely N-dealkylation sites (N-methyl/N-ethyl adjacent to an activating group) is 1. The van der Waals surface area contributed by atoms with Crippen LogP contribution in [0.1, 0.15) is 53.9 Å². The van der Waals surface area contributed by atoms with Gasteiger partial charge in [-0.2, -0.15) is 0 Å². The van der Waals surface area contributed by atoms with Crippen LogP contribution in [-0.2, 0) is 9.53 Å². The van der Waals surface area contributed by atoms with E-state index in [1.807, 2.05) is 20.8 Å². The first-order valence-electron chi connectivity index (χ1n) is 10.8. The fourth-order valence-electron chi connectivity index (χ4n) is 3.92. The number of hydrogen-bond acceptors (Lipinski definition) is 4. The summed E-state index contributed by atoms with van der Waals surface area (Å²) in [5.74, 6) is 1.66. The molecule has 2 fully saturated rings. The van der Waals surface area contributed by atoms with Crippen LogP contribution >= 0.6 is 24.0 Å². The standard InChI is InChI=1S/C21H39N5O3.HI/c1-8-14(2)23-19(22-11-18(27)25(6)7)26-12-15-9-10-17(16(15)13-26)24-20(28)29-21(3,4)5;/h14-17H,8-13H2,1-7H3,(H,22,23)(H,24,28);1H. The third-order valence-electron chi connectivity index (χ3n) is 5.71. The lowest BCUT2D eigenvalue weighted by Crippen LogP contribution is -2.46. The number of likely N-dealkylation sites (tertiary alicyclic amines) is 1. The minimum absolute atomic E-state index is 0. The van der Waals surface area contributed by atoms with Gasteiger partial charge < -0.3 is 25.2 Å². The van der Waals surface area contributed by atoms with Crippen LogP contribution in [0.25, 0.3) is 0 Å². The number of fused-ring (bicyclic) bond motifs is 1. The zero-order valence-corrected chi connectivity index (χ0v) is 21.9. The number of ether oxygens (including phenoxy) is 1. The molecule has 2 rings (SSSR count). The van der Waals surface area contributed by atoms with E-state index in [-0.39, 0.29) is 54.6 Å². The average Bonchev–Trinajstić information content (AvgIpc) is 3.18. The van der Waals surface area contributed by atoms with Gasteiger partial charge in [-0.3, -0.25) is 4.79 Å². The topological polar surface area (TPSA) is 86.3 Å². The van der Waals surface area contributed by atoms with Crippen molar-refractivity contribution in [1.82, 2.24) is 20.4 Å². The van der Waals surface area contributed by atoms with Gasteiger partial charge in [-0.25, -0.2) is 9.79 Å². The van der Waals surface area contributed by atoms with Crippen molar-refractivity contribution in [1.29, 1.82) is 0 Å². The lowest BCUT2D eigenvalue weighted by Gasteiger charge is -2.27. The molecule has 4 unspecified atom stereocenters. The van der Waals surface area contributed by atoms with Crippen LogP contribution in [0.4, 0.5) is 4.79 Å². The first kappa shape index (κ1) is 26.8. The van der Waals surface area contributed by atoms with Crippen molar-refractivity contribution in [2.45, 2.75) is 71.6 Å². The van der Waals surface area contributed by atoms with Crippen molar-refractivity contribution in [3.05, 3.63) is 0 Å². The zero-order chi connectivity index (χ0) is 21.8. The number of hydrogen-bond donors (Lipinski definition) is 2. The van der Waals surface area contributed by atoms with Gasteiger partial charge in [0.1, 0.15) is 12.1 Å². The number of nitrogens with zero attached hydrogens (tertiary/aromatic N) is 3. The molecule has 0 spiro atoms. The third-order valence-corrected chi connectivity index (χ3v) is 5.71. The number of halogens is 1. The monoisotopic (exact) mass is 537 g/mol. The molecule has 4 atom stereocenters. The highest BCUT2D eigenvalue weighted by atomic mass is 127. The molecule has 0 aromatic rings. The van der Waals surface area contributed by atoms with Gasteiger partial charge in [0.25, 0.3) is 0 Å². The normalized spacial score (nSPS) is 24.6. The van der Waals surface area contributed by atoms with Crippen LogP contribution in [0.2, 0.25) is 0 Å². The van der Waals surface area contributed by atoms with Crippen LogP contribution in [0.5, 0.6) is 0 Å². The Balaban J connectivity index is 0.00000450. The van der Waals surface area contributed by atoms with Gasteiger partial charge in [-0.1, -0.05) is 6.92 Å². The van der Waals surface area contributed by atoms with E-state index in [1.165, 1.54) is 0 Å². The fourth-order valence-corrected chi connectivity index (χ4v) is 3.92. The van der Waals surface area contributed by atoms with Gasteiger partial charge in [0.2, 0.25) is 5.91 Å². The molecule has 174 valence electrons. The molecule has 2 aliphatic rings. The second kappa shape index (κ2) is 11.4. The summed E-state index contributed by atoms with van der Waals surface area (Å²) in [6.07, 6.45) is 2.69. The Morgan fingerprint density at radius 3 is 2.47 bits per heavy atom. The molecule has 9 heteroatoms. The summed E-state index contributed by atoms with van der Waals surface area (Å²) in [5.41, 5.74) is -0.497. The van der Waals surface area contributed by atoms with Crippen molar-refractivity contribution < 1.29 is 14.3 Å². The summed E-state index contributed by atoms with van der Waals surface area (Å²) in [6.45, 7) is 11.7. The molecular weight excluding hydrogens is 497 g/mol. The summed E-state index contributed by atoms with van der Waals surface area (Å²) in [4.78, 5) is 32.6. The van der Waals surface area contributed by atoms with E-state index in [0.717, 1.165) is 38.3 Å². The Labute approximate surface area is 198 Å². The third kappa shape index (κ3) is 7.77. The highest BCUT2D eigenvalue weighted by Gasteiger charge is 2.44. The maximum atomic E-state index is 12.2. The largest absolute Gasteiger partial charge is 0.444 e. The molecule has 2 amide bonds. The smallest absolute Gasteiger partial charge is 0.407 e. The Bertz CT molecular complexity index is 620. The minimum Gasteiger partial charge on any atom is -0.444 e. The quantitative estimate of drug-likeness (QED) is 0.320. The van der Waals surface area contributed by atoms with Crippen molar-refractivity contribution in [2.24, 2.45) is 16.8 Å². The summed E-state index contributed by atoms with van der Waals surface area (Å²) < 4.78 is 5.44. The van der Waals surface area contributed by atoms with E-state index < -0.39 is 5.60 Å². The van der Waals surface area contributed by atoms with Gasteiger partial charge >= 0.3 is 6.09 Å². The van der Waals surface area contributed by atoms with E-state index in [2.05, 4.69) is 34.4 Å². The molecule has 0 bridgehead atoms. The van der Waals surface area contributed by atoms with Crippen molar-refractivity contribution >= 4 is 41.9 Å². The fraction of sp³-hybridized carbons (Fsp3) is 0.857. The van der Waals surface area contributed by atoms with E-state index in [9.17, 15) is 9.59 Å². The molecule has 1 aliphatic heterocycles. The molecule has 8 nitrogen and oxygen atoms in total. The van der Waals surface area contributed by atoms with Gasteiger partial charge in [0, 0.05) is 45.2 Å². The molecule has 1 heterocycles. The van der Waals surface area contributed by atoms with Gasteiger partial charge in [-0.15, -0.1) is 24.0 Å². The summed E-state index contributed by atoms with van der Waals surface area (Å²) in [7, 11) is 3.49. The number of amides is 2. The van der Waals surface area contributed by atoms with E-state index >= 15 is 0 Å². The molecule has 1 saturated carbocycles. The first-order chi connectivity index (χ1) is 13.5. The molecule has 2 N–H and O–H groups in total. The second-order valence-corrected chi connectivity index (χ2v) is 9.54. The van der Waals surface area contributed by atoms with E-state index in [4.69, 9.17) is 4.74 Å². The summed E-state index contributed by atoms with van der Waals surface area (Å²) in [6, 6.07) is 0.396. The van der Waals surface area contributed by atoms with Crippen molar-refractivity contribution in [3.8, 4) is 0 Å². The van der Waals surface area contributed by atoms with Gasteiger partial charge in [0.15, 0.2) is 5.96 Å². The van der Waals surface area contributed by atoms with E-state index in [0.29, 0.717) is 11.8 Å². The number of carbonyl (C=O) groups excluding carboxylic acids is 2. The highest BCUT2D eigenvalue weighted by Crippen LogP contribution is 2.38. The molecule has 0 aromatic carbocycles. The predicted molar refractivity (Wildman–Crippen MR) is 130 cm³/mol. The number of rotatable bonds is 5. The number of aliphatic imine (C=N–C) groups is 1. The molecule has 1 aliphatic carbocycles. The lowest BCUT2D eigenvalue weighted by molar-refractivity contribution is -0.127. The van der Waals surface area contributed by atoms with Crippen LogP contribution in [-0.4, -0.2) is 79.2 Å². The Hall–Kier alpha value is -1.26. The Morgan fingerprint density at radius 1 is 1.23 bits per heavy atom. The van der Waals surface area contributed by atoms with Gasteiger partial charge in [0.05, 0.1) is 0 Å². The zero-order valence-electron chi connectivity index (χ0n) is 19.5. The first-order valence-corrected chi connectivity index (χ1v) is 10.8.